The second kappa shape index (κ2) is 11.5. The number of hydrogen-bond donors (Lipinski definition) is 3. The van der Waals surface area contributed by atoms with Crippen LogP contribution in [0.25, 0.3) is 0 Å². The average Bonchev–Trinajstić information content (AvgIpc) is 2.88. The molecule has 1 amide bonds. The number of ether oxygens (including phenoxy) is 1. The maximum absolute atomic E-state index is 13.2. The van der Waals surface area contributed by atoms with Crippen molar-refractivity contribution in [2.45, 2.75) is 42.4 Å². The topological polar surface area (TPSA) is 111 Å². The van der Waals surface area contributed by atoms with Crippen LogP contribution in [0.3, 0.4) is 0 Å². The number of amides is 1. The second-order valence-electron chi connectivity index (χ2n) is 8.98. The second-order valence-corrected chi connectivity index (χ2v) is 10.7. The largest absolute Gasteiger partial charge is 0.493 e. The molecule has 3 aromatic rings. The van der Waals surface area contributed by atoms with Gasteiger partial charge in [0, 0.05) is 18.4 Å². The monoisotopic (exact) mass is 547 g/mol. The maximum Gasteiger partial charge on any atom is 0.416 e. The lowest BCUT2D eigenvalue weighted by atomic mass is 9.97. The zero-order chi connectivity index (χ0) is 27.3. The Morgan fingerprint density at radius 3 is 2.53 bits per heavy atom. The van der Waals surface area contributed by atoms with Gasteiger partial charge in [-0.15, -0.1) is 0 Å². The van der Waals surface area contributed by atoms with E-state index in [0.717, 1.165) is 29.3 Å². The van der Waals surface area contributed by atoms with E-state index in [2.05, 4.69) is 10.0 Å². The highest BCUT2D eigenvalue weighted by Crippen LogP contribution is 2.34. The molecule has 0 saturated heterocycles. The number of rotatable bonds is 9. The third-order valence-corrected chi connectivity index (χ3v) is 7.72. The van der Waals surface area contributed by atoms with E-state index in [1.165, 1.54) is 0 Å². The normalized spacial score (nSPS) is 16.3. The zero-order valence-electron chi connectivity index (χ0n) is 20.4. The average molecular weight is 548 g/mol. The van der Waals surface area contributed by atoms with E-state index in [4.69, 9.17) is 10.5 Å². The highest BCUT2D eigenvalue weighted by atomic mass is 32.2. The Kier molecular flexibility index (Phi) is 8.39. The number of carbonyl (C=O) groups excluding carboxylic acids is 1. The summed E-state index contributed by atoms with van der Waals surface area (Å²) in [6.45, 7) is 0.893. The first-order valence-corrected chi connectivity index (χ1v) is 13.5. The summed E-state index contributed by atoms with van der Waals surface area (Å²) in [4.78, 5) is 12.6. The third kappa shape index (κ3) is 6.72. The Balaban J connectivity index is 1.54. The number of halogens is 3. The zero-order valence-corrected chi connectivity index (χ0v) is 21.2. The van der Waals surface area contributed by atoms with Gasteiger partial charge in [0.15, 0.2) is 0 Å². The number of benzene rings is 3. The predicted molar refractivity (Wildman–Crippen MR) is 136 cm³/mol. The summed E-state index contributed by atoms with van der Waals surface area (Å²) < 4.78 is 73.8. The van der Waals surface area contributed by atoms with Crippen molar-refractivity contribution in [1.29, 1.82) is 0 Å². The molecule has 4 rings (SSSR count). The summed E-state index contributed by atoms with van der Waals surface area (Å²) >= 11 is 0. The summed E-state index contributed by atoms with van der Waals surface area (Å²) in [7, 11) is -4.39. The first-order chi connectivity index (χ1) is 18.1. The lowest BCUT2D eigenvalue weighted by Gasteiger charge is -2.28. The van der Waals surface area contributed by atoms with Gasteiger partial charge in [0.1, 0.15) is 5.75 Å². The molecule has 202 valence electrons. The van der Waals surface area contributed by atoms with E-state index in [1.54, 1.807) is 30.3 Å². The highest BCUT2D eigenvalue weighted by molar-refractivity contribution is 7.89. The van der Waals surface area contributed by atoms with Crippen LogP contribution < -0.4 is 20.5 Å². The molecule has 0 aromatic heterocycles. The van der Waals surface area contributed by atoms with E-state index in [0.29, 0.717) is 43.4 Å². The Labute approximate surface area is 219 Å². The van der Waals surface area contributed by atoms with Gasteiger partial charge in [-0.2, -0.15) is 13.2 Å². The molecule has 1 aliphatic rings. The van der Waals surface area contributed by atoms with Crippen molar-refractivity contribution in [3.05, 3.63) is 95.1 Å². The molecule has 0 saturated carbocycles. The van der Waals surface area contributed by atoms with E-state index < -0.39 is 38.6 Å². The van der Waals surface area contributed by atoms with Crippen molar-refractivity contribution < 1.29 is 31.1 Å². The molecule has 0 fully saturated rings. The van der Waals surface area contributed by atoms with E-state index in [1.807, 2.05) is 18.2 Å². The van der Waals surface area contributed by atoms with Gasteiger partial charge in [0.05, 0.1) is 29.1 Å². The minimum absolute atomic E-state index is 0.264. The number of nitrogens with one attached hydrogen (secondary N) is 2. The van der Waals surface area contributed by atoms with Crippen molar-refractivity contribution in [3.63, 3.8) is 0 Å². The van der Waals surface area contributed by atoms with Gasteiger partial charge in [0.25, 0.3) is 0 Å². The summed E-state index contributed by atoms with van der Waals surface area (Å²) in [5.41, 5.74) is 6.88. The molecule has 2 atom stereocenters. The van der Waals surface area contributed by atoms with Gasteiger partial charge in [-0.25, -0.2) is 13.1 Å². The smallest absolute Gasteiger partial charge is 0.416 e. The van der Waals surface area contributed by atoms with Crippen LogP contribution in [0.4, 0.5) is 13.2 Å². The summed E-state index contributed by atoms with van der Waals surface area (Å²) in [6, 6.07) is 16.2. The number of fused-ring (bicyclic) bond motifs is 1. The van der Waals surface area contributed by atoms with Gasteiger partial charge >= 0.3 is 6.18 Å². The molecule has 38 heavy (non-hydrogen) atoms. The standard InChI is InChI=1S/C27H28F3N3O4S/c28-27(29,30)20-7-4-8-21(16-20)38(35,36)33-24(19-5-2-1-3-6-19)17-26(34)32-23-12-14-37-25-15-18(11-13-31)9-10-22(23)25/h1-10,15-16,23-24,33H,11-14,17,31H2,(H,32,34)/t23-,24?/m1/s1. The Morgan fingerprint density at radius 1 is 1.05 bits per heavy atom. The summed E-state index contributed by atoms with van der Waals surface area (Å²) in [6.07, 6.45) is -3.74. The van der Waals surface area contributed by atoms with Crippen molar-refractivity contribution in [2.75, 3.05) is 13.2 Å². The lowest BCUT2D eigenvalue weighted by Crippen LogP contribution is -2.36. The number of nitrogens with two attached hydrogens (primary N) is 1. The SMILES string of the molecule is NCCc1ccc2c(c1)OCC[C@H]2NC(=O)CC(NS(=O)(=O)c1cccc(C(F)(F)F)c1)c1ccccc1. The van der Waals surface area contributed by atoms with Gasteiger partial charge in [-0.05, 0) is 48.4 Å². The molecule has 0 radical (unpaired) electrons. The summed E-state index contributed by atoms with van der Waals surface area (Å²) in [5.74, 6) is 0.242. The number of hydrogen-bond acceptors (Lipinski definition) is 5. The molecular weight excluding hydrogens is 519 g/mol. The lowest BCUT2D eigenvalue weighted by molar-refractivity contribution is -0.137. The molecule has 1 aliphatic heterocycles. The van der Waals surface area contributed by atoms with Gasteiger partial charge in [0.2, 0.25) is 15.9 Å². The van der Waals surface area contributed by atoms with Crippen molar-refractivity contribution >= 4 is 15.9 Å². The van der Waals surface area contributed by atoms with Crippen LogP contribution in [0.5, 0.6) is 5.75 Å². The highest BCUT2D eigenvalue weighted by Gasteiger charge is 2.33. The molecule has 3 aromatic carbocycles. The van der Waals surface area contributed by atoms with Crippen LogP contribution in [0.1, 0.15) is 47.2 Å². The fourth-order valence-corrected chi connectivity index (χ4v) is 5.62. The molecule has 4 N–H and O–H groups in total. The molecular formula is C27H28F3N3O4S. The van der Waals surface area contributed by atoms with Crippen LogP contribution in [0.2, 0.25) is 0 Å². The Morgan fingerprint density at radius 2 is 1.82 bits per heavy atom. The maximum atomic E-state index is 13.2. The van der Waals surface area contributed by atoms with E-state index in [9.17, 15) is 26.4 Å². The van der Waals surface area contributed by atoms with E-state index >= 15 is 0 Å². The molecule has 7 nitrogen and oxygen atoms in total. The van der Waals surface area contributed by atoms with E-state index in [-0.39, 0.29) is 12.5 Å². The van der Waals surface area contributed by atoms with Crippen molar-refractivity contribution in [2.24, 2.45) is 5.73 Å². The third-order valence-electron chi connectivity index (χ3n) is 6.25. The fraction of sp³-hybridized carbons (Fsp3) is 0.296. The molecule has 0 bridgehead atoms. The molecule has 11 heteroatoms. The fourth-order valence-electron chi connectivity index (χ4n) is 4.35. The number of carbonyl (C=O) groups is 1. The first-order valence-electron chi connectivity index (χ1n) is 12.1. The number of sulfonamides is 1. The Bertz CT molecular complexity index is 1380. The summed E-state index contributed by atoms with van der Waals surface area (Å²) in [5, 5.41) is 2.95. The Hall–Kier alpha value is -3.41. The van der Waals surface area contributed by atoms with Crippen LogP contribution in [-0.2, 0) is 27.4 Å². The first kappa shape index (κ1) is 27.6. The van der Waals surface area contributed by atoms with Crippen molar-refractivity contribution in [3.8, 4) is 5.75 Å². The minimum Gasteiger partial charge on any atom is -0.493 e. The molecule has 1 unspecified atom stereocenters. The quantitative estimate of drug-likeness (QED) is 0.371. The predicted octanol–water partition coefficient (Wildman–Crippen LogP) is 4.26. The van der Waals surface area contributed by atoms with Gasteiger partial charge < -0.3 is 15.8 Å². The van der Waals surface area contributed by atoms with Crippen LogP contribution in [0, 0.1) is 0 Å². The number of alkyl halides is 3. The van der Waals surface area contributed by atoms with Crippen LogP contribution in [0.15, 0.2) is 77.7 Å². The van der Waals surface area contributed by atoms with Crippen molar-refractivity contribution in [1.82, 2.24) is 10.0 Å². The van der Waals surface area contributed by atoms with Gasteiger partial charge in [-0.1, -0.05) is 48.5 Å². The van der Waals surface area contributed by atoms with Crippen LogP contribution >= 0.6 is 0 Å². The van der Waals surface area contributed by atoms with Crippen LogP contribution in [-0.4, -0.2) is 27.5 Å². The van der Waals surface area contributed by atoms with Gasteiger partial charge in [-0.3, -0.25) is 4.79 Å². The molecule has 0 aliphatic carbocycles. The molecule has 0 spiro atoms. The minimum atomic E-state index is -4.70. The molecule has 1 heterocycles.